The third-order valence-corrected chi connectivity index (χ3v) is 4.77. The van der Waals surface area contributed by atoms with Crippen LogP contribution in [0.5, 0.6) is 0 Å². The van der Waals surface area contributed by atoms with Gasteiger partial charge in [0.15, 0.2) is 5.78 Å². The zero-order chi connectivity index (χ0) is 14.8. The average Bonchev–Trinajstić information content (AvgIpc) is 2.97. The van der Waals surface area contributed by atoms with Crippen molar-refractivity contribution in [2.75, 3.05) is 13.1 Å². The first-order valence-corrected chi connectivity index (χ1v) is 7.58. The molecule has 110 valence electrons. The summed E-state index contributed by atoms with van der Waals surface area (Å²) in [6, 6.07) is 4.83. The number of hydrogen-bond donors (Lipinski definition) is 0. The van der Waals surface area contributed by atoms with Gasteiger partial charge in [-0.05, 0) is 50.9 Å². The maximum Gasteiger partial charge on any atom is 0.157 e. The van der Waals surface area contributed by atoms with Gasteiger partial charge in [0.1, 0.15) is 5.82 Å². The molecule has 0 bridgehead atoms. The zero-order valence-electron chi connectivity index (χ0n) is 12.1. The molecule has 2 rings (SSSR count). The first-order chi connectivity index (χ1) is 9.49. The molecule has 0 N–H and O–H groups in total. The van der Waals surface area contributed by atoms with Crippen LogP contribution in [-0.4, -0.2) is 29.3 Å². The highest BCUT2D eigenvalue weighted by Crippen LogP contribution is 2.28. The lowest BCUT2D eigenvalue weighted by Crippen LogP contribution is -2.51. The van der Waals surface area contributed by atoms with Gasteiger partial charge in [-0.1, -0.05) is 30.7 Å². The van der Waals surface area contributed by atoms with E-state index < -0.39 is 11.4 Å². The van der Waals surface area contributed by atoms with Gasteiger partial charge in [-0.25, -0.2) is 4.39 Å². The molecular weight excluding hydrogens is 277 g/mol. The SMILES string of the molecule is CCC(C)(C(=O)Cc1cccc(Cl)c1F)N1CCCC1. The lowest BCUT2D eigenvalue weighted by molar-refractivity contribution is -0.129. The van der Waals surface area contributed by atoms with Gasteiger partial charge in [0.2, 0.25) is 0 Å². The smallest absolute Gasteiger partial charge is 0.157 e. The summed E-state index contributed by atoms with van der Waals surface area (Å²) < 4.78 is 13.9. The van der Waals surface area contributed by atoms with Crippen LogP contribution >= 0.6 is 11.6 Å². The van der Waals surface area contributed by atoms with Crippen LogP contribution in [0.4, 0.5) is 4.39 Å². The Balaban J connectivity index is 2.19. The number of halogens is 2. The molecule has 1 aliphatic heterocycles. The maximum atomic E-state index is 13.9. The average molecular weight is 298 g/mol. The van der Waals surface area contributed by atoms with E-state index in [1.54, 1.807) is 12.1 Å². The van der Waals surface area contributed by atoms with Gasteiger partial charge < -0.3 is 0 Å². The molecule has 1 saturated heterocycles. The predicted octanol–water partition coefficient (Wildman–Crippen LogP) is 3.86. The Kier molecular flexibility index (Phi) is 4.82. The predicted molar refractivity (Wildman–Crippen MR) is 79.6 cm³/mol. The lowest BCUT2D eigenvalue weighted by atomic mass is 9.87. The minimum Gasteiger partial charge on any atom is -0.297 e. The Morgan fingerprint density at radius 2 is 2.05 bits per heavy atom. The monoisotopic (exact) mass is 297 g/mol. The number of Topliss-reactive ketones (excluding diaryl/α,β-unsaturated/α-hetero) is 1. The zero-order valence-corrected chi connectivity index (χ0v) is 12.8. The number of hydrogen-bond acceptors (Lipinski definition) is 2. The fourth-order valence-corrected chi connectivity index (χ4v) is 3.05. The van der Waals surface area contributed by atoms with E-state index in [2.05, 4.69) is 4.90 Å². The van der Waals surface area contributed by atoms with E-state index in [9.17, 15) is 9.18 Å². The Bertz CT molecular complexity index is 499. The number of carbonyl (C=O) groups is 1. The van der Waals surface area contributed by atoms with Crippen LogP contribution in [0.1, 0.15) is 38.7 Å². The first-order valence-electron chi connectivity index (χ1n) is 7.20. The van der Waals surface area contributed by atoms with Crippen molar-refractivity contribution in [1.29, 1.82) is 0 Å². The second kappa shape index (κ2) is 6.23. The summed E-state index contributed by atoms with van der Waals surface area (Å²) in [5.41, 5.74) is -0.105. The van der Waals surface area contributed by atoms with E-state index in [0.717, 1.165) is 32.4 Å². The largest absolute Gasteiger partial charge is 0.297 e. The third kappa shape index (κ3) is 2.89. The van der Waals surface area contributed by atoms with Gasteiger partial charge in [-0.2, -0.15) is 0 Å². The molecule has 1 atom stereocenters. The van der Waals surface area contributed by atoms with Crippen LogP contribution in [-0.2, 0) is 11.2 Å². The van der Waals surface area contributed by atoms with E-state index in [4.69, 9.17) is 11.6 Å². The third-order valence-electron chi connectivity index (χ3n) is 4.48. The maximum absolute atomic E-state index is 13.9. The number of benzene rings is 1. The summed E-state index contributed by atoms with van der Waals surface area (Å²) in [7, 11) is 0. The van der Waals surface area contributed by atoms with Crippen molar-refractivity contribution in [2.45, 2.75) is 45.1 Å². The summed E-state index contributed by atoms with van der Waals surface area (Å²) in [5.74, 6) is -0.398. The molecule has 0 radical (unpaired) electrons. The molecule has 1 aromatic carbocycles. The van der Waals surface area contributed by atoms with E-state index in [-0.39, 0.29) is 17.2 Å². The van der Waals surface area contributed by atoms with Crippen molar-refractivity contribution >= 4 is 17.4 Å². The molecule has 4 heteroatoms. The van der Waals surface area contributed by atoms with Crippen molar-refractivity contribution in [3.05, 3.63) is 34.6 Å². The topological polar surface area (TPSA) is 20.3 Å². The molecule has 0 aromatic heterocycles. The number of nitrogens with zero attached hydrogens (tertiary/aromatic N) is 1. The standard InChI is InChI=1S/C16H21ClFNO/c1-3-16(2,19-9-4-5-10-19)14(20)11-12-7-6-8-13(17)15(12)18/h6-8H,3-5,9-11H2,1-2H3. The fourth-order valence-electron chi connectivity index (χ4n) is 2.86. The molecule has 2 nitrogen and oxygen atoms in total. The highest BCUT2D eigenvalue weighted by Gasteiger charge is 2.38. The number of rotatable bonds is 5. The van der Waals surface area contributed by atoms with E-state index in [1.807, 2.05) is 13.8 Å². The Morgan fingerprint density at radius 1 is 1.40 bits per heavy atom. The number of carbonyl (C=O) groups excluding carboxylic acids is 1. The van der Waals surface area contributed by atoms with Crippen molar-refractivity contribution in [3.63, 3.8) is 0 Å². The van der Waals surface area contributed by atoms with Crippen LogP contribution in [0.25, 0.3) is 0 Å². The van der Waals surface area contributed by atoms with Crippen molar-refractivity contribution < 1.29 is 9.18 Å². The van der Waals surface area contributed by atoms with Gasteiger partial charge >= 0.3 is 0 Å². The molecule has 1 fully saturated rings. The van der Waals surface area contributed by atoms with Crippen LogP contribution in [0, 0.1) is 5.82 Å². The summed E-state index contributed by atoms with van der Waals surface area (Å²) >= 11 is 5.78. The second-order valence-corrected chi connectivity index (χ2v) is 6.04. The summed E-state index contributed by atoms with van der Waals surface area (Å²) in [6.45, 7) is 5.90. The minimum absolute atomic E-state index is 0.0723. The molecule has 1 heterocycles. The molecule has 0 saturated carbocycles. The highest BCUT2D eigenvalue weighted by atomic mass is 35.5. The van der Waals surface area contributed by atoms with Crippen LogP contribution in [0.2, 0.25) is 5.02 Å². The Hall–Kier alpha value is -0.930. The molecular formula is C16H21ClFNO. The molecule has 0 aliphatic carbocycles. The lowest BCUT2D eigenvalue weighted by Gasteiger charge is -2.36. The highest BCUT2D eigenvalue weighted by molar-refractivity contribution is 6.30. The van der Waals surface area contributed by atoms with Gasteiger partial charge in [0, 0.05) is 6.42 Å². The van der Waals surface area contributed by atoms with Gasteiger partial charge in [-0.15, -0.1) is 0 Å². The van der Waals surface area contributed by atoms with E-state index in [1.165, 1.54) is 6.07 Å². The molecule has 0 amide bonds. The molecule has 0 spiro atoms. The van der Waals surface area contributed by atoms with Crippen molar-refractivity contribution in [2.24, 2.45) is 0 Å². The fraction of sp³-hybridized carbons (Fsp3) is 0.562. The molecule has 20 heavy (non-hydrogen) atoms. The molecule has 1 unspecified atom stereocenters. The summed E-state index contributed by atoms with van der Waals surface area (Å²) in [5, 5.41) is 0.0784. The van der Waals surface area contributed by atoms with E-state index in [0.29, 0.717) is 5.56 Å². The van der Waals surface area contributed by atoms with Crippen molar-refractivity contribution in [1.82, 2.24) is 4.90 Å². The summed E-state index contributed by atoms with van der Waals surface area (Å²) in [6.07, 6.45) is 3.12. The number of likely N-dealkylation sites (tertiary alicyclic amines) is 1. The normalized spacial score (nSPS) is 19.0. The quantitative estimate of drug-likeness (QED) is 0.822. The van der Waals surface area contributed by atoms with Gasteiger partial charge in [0.25, 0.3) is 0 Å². The van der Waals surface area contributed by atoms with Crippen LogP contribution in [0.15, 0.2) is 18.2 Å². The van der Waals surface area contributed by atoms with Gasteiger partial charge in [0.05, 0.1) is 10.6 Å². The molecule has 1 aliphatic rings. The Morgan fingerprint density at radius 3 is 2.65 bits per heavy atom. The second-order valence-electron chi connectivity index (χ2n) is 5.63. The van der Waals surface area contributed by atoms with Gasteiger partial charge in [-0.3, -0.25) is 9.69 Å². The van der Waals surface area contributed by atoms with Crippen molar-refractivity contribution in [3.8, 4) is 0 Å². The van der Waals surface area contributed by atoms with E-state index >= 15 is 0 Å². The molecule has 1 aromatic rings. The minimum atomic E-state index is -0.495. The Labute approximate surface area is 124 Å². The first kappa shape index (κ1) is 15.5. The van der Waals surface area contributed by atoms with Crippen LogP contribution < -0.4 is 0 Å². The van der Waals surface area contributed by atoms with Crippen LogP contribution in [0.3, 0.4) is 0 Å². The number of ketones is 1. The summed E-state index contributed by atoms with van der Waals surface area (Å²) in [4.78, 5) is 14.9.